The standard InChI is InChI=1S/C24H15N3OS/c28-16-11-9-15(10-12-16)27-23-17-5-1-3-7-19(17)25-13-21(23)29-22-14-26-20-8-4-2-6-18(20)24(22)27/h1-14,28H. The minimum absolute atomic E-state index is 0.250. The molecule has 0 bridgehead atoms. The molecule has 0 atom stereocenters. The first-order valence-electron chi connectivity index (χ1n) is 9.32. The topological polar surface area (TPSA) is 49.2 Å². The summed E-state index contributed by atoms with van der Waals surface area (Å²) in [6, 6.07) is 23.8. The van der Waals surface area contributed by atoms with E-state index < -0.39 is 0 Å². The molecule has 3 aromatic carbocycles. The maximum Gasteiger partial charge on any atom is 0.115 e. The molecule has 0 amide bonds. The molecular weight excluding hydrogens is 378 g/mol. The zero-order valence-electron chi connectivity index (χ0n) is 15.3. The van der Waals surface area contributed by atoms with Crippen molar-refractivity contribution in [2.75, 3.05) is 4.90 Å². The minimum Gasteiger partial charge on any atom is -0.508 e. The summed E-state index contributed by atoms with van der Waals surface area (Å²) in [6.07, 6.45) is 3.88. The van der Waals surface area contributed by atoms with Gasteiger partial charge in [0.2, 0.25) is 0 Å². The average Bonchev–Trinajstić information content (AvgIpc) is 2.78. The van der Waals surface area contributed by atoms with Crippen molar-refractivity contribution in [3.8, 4) is 5.75 Å². The van der Waals surface area contributed by atoms with Gasteiger partial charge in [-0.05, 0) is 36.4 Å². The highest BCUT2D eigenvalue weighted by atomic mass is 32.2. The first kappa shape index (κ1) is 16.4. The van der Waals surface area contributed by atoms with Crippen molar-refractivity contribution in [2.24, 2.45) is 0 Å². The summed E-state index contributed by atoms with van der Waals surface area (Å²) in [7, 11) is 0. The summed E-state index contributed by atoms with van der Waals surface area (Å²) in [4.78, 5) is 13.8. The molecule has 0 fully saturated rings. The predicted molar refractivity (Wildman–Crippen MR) is 118 cm³/mol. The van der Waals surface area contributed by atoms with Gasteiger partial charge in [0, 0.05) is 28.9 Å². The van der Waals surface area contributed by atoms with Crippen LogP contribution in [0, 0.1) is 0 Å². The molecule has 1 N–H and O–H groups in total. The van der Waals surface area contributed by atoms with Gasteiger partial charge in [-0.1, -0.05) is 48.2 Å². The number of phenolic OH excluding ortho intramolecular Hbond substituents is 1. The Balaban J connectivity index is 1.75. The van der Waals surface area contributed by atoms with Crippen molar-refractivity contribution < 1.29 is 5.11 Å². The van der Waals surface area contributed by atoms with Gasteiger partial charge >= 0.3 is 0 Å². The van der Waals surface area contributed by atoms with Gasteiger partial charge in [-0.25, -0.2) is 0 Å². The van der Waals surface area contributed by atoms with Crippen LogP contribution in [0.5, 0.6) is 5.75 Å². The molecule has 0 saturated carbocycles. The van der Waals surface area contributed by atoms with Crippen LogP contribution in [-0.2, 0) is 0 Å². The van der Waals surface area contributed by atoms with Crippen molar-refractivity contribution >= 4 is 50.6 Å². The maximum atomic E-state index is 9.85. The van der Waals surface area contributed by atoms with Crippen LogP contribution in [0.25, 0.3) is 21.8 Å². The Labute approximate surface area is 171 Å². The van der Waals surface area contributed by atoms with E-state index >= 15 is 0 Å². The molecule has 5 aromatic rings. The van der Waals surface area contributed by atoms with Crippen LogP contribution in [0.1, 0.15) is 0 Å². The van der Waals surface area contributed by atoms with Crippen LogP contribution in [0.2, 0.25) is 0 Å². The minimum atomic E-state index is 0.250. The maximum absolute atomic E-state index is 9.85. The monoisotopic (exact) mass is 393 g/mol. The summed E-state index contributed by atoms with van der Waals surface area (Å²) in [5.74, 6) is 0.250. The number of para-hydroxylation sites is 2. The lowest BCUT2D eigenvalue weighted by Crippen LogP contribution is -2.16. The molecular formula is C24H15N3OS. The molecule has 0 aliphatic carbocycles. The molecule has 0 radical (unpaired) electrons. The van der Waals surface area contributed by atoms with Crippen molar-refractivity contribution in [3.05, 3.63) is 85.2 Å². The molecule has 4 nitrogen and oxygen atoms in total. The second-order valence-electron chi connectivity index (χ2n) is 6.93. The van der Waals surface area contributed by atoms with Gasteiger partial charge < -0.3 is 10.0 Å². The lowest BCUT2D eigenvalue weighted by molar-refractivity contribution is 0.475. The van der Waals surface area contributed by atoms with E-state index in [-0.39, 0.29) is 5.75 Å². The predicted octanol–water partition coefficient (Wildman–Crippen LogP) is 6.42. The Hall–Kier alpha value is -3.57. The molecule has 0 unspecified atom stereocenters. The molecule has 2 aromatic heterocycles. The molecule has 3 heterocycles. The van der Waals surface area contributed by atoms with E-state index in [2.05, 4.69) is 27.0 Å². The normalized spacial score (nSPS) is 12.8. The van der Waals surface area contributed by atoms with E-state index in [1.165, 1.54) is 0 Å². The van der Waals surface area contributed by atoms with Gasteiger partial charge in [0.15, 0.2) is 0 Å². The Morgan fingerprint density at radius 1 is 0.655 bits per heavy atom. The average molecular weight is 393 g/mol. The number of hydrogen-bond donors (Lipinski definition) is 1. The molecule has 1 aliphatic heterocycles. The molecule has 5 heteroatoms. The molecule has 0 saturated heterocycles. The first-order chi connectivity index (χ1) is 14.3. The second-order valence-corrected chi connectivity index (χ2v) is 8.01. The smallest absolute Gasteiger partial charge is 0.115 e. The van der Waals surface area contributed by atoms with E-state index in [0.717, 1.165) is 48.7 Å². The number of fused-ring (bicyclic) bond motifs is 6. The molecule has 29 heavy (non-hydrogen) atoms. The van der Waals surface area contributed by atoms with E-state index in [1.807, 2.05) is 60.9 Å². The van der Waals surface area contributed by atoms with Gasteiger partial charge in [-0.3, -0.25) is 9.97 Å². The third-order valence-electron chi connectivity index (χ3n) is 5.20. The molecule has 6 rings (SSSR count). The van der Waals surface area contributed by atoms with Crippen LogP contribution in [0.4, 0.5) is 17.1 Å². The SMILES string of the molecule is Oc1ccc(N2c3c(cnc4ccccc34)Sc3cnc4ccccc4c32)cc1. The summed E-state index contributed by atoms with van der Waals surface area (Å²) >= 11 is 1.70. The zero-order chi connectivity index (χ0) is 19.4. The first-order valence-corrected chi connectivity index (χ1v) is 10.1. The van der Waals surface area contributed by atoms with Crippen LogP contribution in [0.15, 0.2) is 95.0 Å². The number of aromatic nitrogens is 2. The fourth-order valence-corrected chi connectivity index (χ4v) is 4.96. The largest absolute Gasteiger partial charge is 0.508 e. The second kappa shape index (κ2) is 6.22. The van der Waals surface area contributed by atoms with Gasteiger partial charge in [-0.15, -0.1) is 0 Å². The number of nitrogens with zero attached hydrogens (tertiary/aromatic N) is 3. The van der Waals surface area contributed by atoms with Gasteiger partial charge in [-0.2, -0.15) is 0 Å². The number of hydrogen-bond acceptors (Lipinski definition) is 5. The highest BCUT2D eigenvalue weighted by molar-refractivity contribution is 7.99. The third-order valence-corrected chi connectivity index (χ3v) is 6.24. The fourth-order valence-electron chi connectivity index (χ4n) is 3.92. The zero-order valence-corrected chi connectivity index (χ0v) is 16.1. The number of anilines is 3. The Morgan fingerprint density at radius 3 is 1.72 bits per heavy atom. The summed E-state index contributed by atoms with van der Waals surface area (Å²) in [5.41, 5.74) is 5.11. The lowest BCUT2D eigenvalue weighted by atomic mass is 10.1. The van der Waals surface area contributed by atoms with E-state index in [0.29, 0.717) is 0 Å². The van der Waals surface area contributed by atoms with Crippen LogP contribution in [-0.4, -0.2) is 15.1 Å². The molecule has 1 aliphatic rings. The highest BCUT2D eigenvalue weighted by Gasteiger charge is 2.29. The summed E-state index contributed by atoms with van der Waals surface area (Å²) < 4.78 is 0. The van der Waals surface area contributed by atoms with E-state index in [4.69, 9.17) is 0 Å². The van der Waals surface area contributed by atoms with Crippen LogP contribution in [0.3, 0.4) is 0 Å². The third kappa shape index (κ3) is 2.48. The molecule has 138 valence electrons. The number of aromatic hydroxyl groups is 1. The molecule has 0 spiro atoms. The number of benzene rings is 3. The van der Waals surface area contributed by atoms with Gasteiger partial charge in [0.05, 0.1) is 32.2 Å². The van der Waals surface area contributed by atoms with Crippen LogP contribution < -0.4 is 4.90 Å². The fraction of sp³-hybridized carbons (Fsp3) is 0. The van der Waals surface area contributed by atoms with Crippen molar-refractivity contribution in [1.29, 1.82) is 0 Å². The Bertz CT molecular complexity index is 1310. The van der Waals surface area contributed by atoms with Gasteiger partial charge in [0.25, 0.3) is 0 Å². The number of phenols is 1. The summed E-state index contributed by atoms with van der Waals surface area (Å²) in [6.45, 7) is 0. The van der Waals surface area contributed by atoms with E-state index in [9.17, 15) is 5.11 Å². The number of rotatable bonds is 1. The number of pyridine rings is 2. The van der Waals surface area contributed by atoms with Gasteiger partial charge in [0.1, 0.15) is 5.75 Å². The van der Waals surface area contributed by atoms with Crippen molar-refractivity contribution in [3.63, 3.8) is 0 Å². The van der Waals surface area contributed by atoms with E-state index in [1.54, 1.807) is 23.9 Å². The Kier molecular flexibility index (Phi) is 3.52. The highest BCUT2D eigenvalue weighted by Crippen LogP contribution is 2.55. The quantitative estimate of drug-likeness (QED) is 0.349. The van der Waals surface area contributed by atoms with Crippen LogP contribution >= 0.6 is 11.8 Å². The summed E-state index contributed by atoms with van der Waals surface area (Å²) in [5, 5.41) is 12.0. The lowest BCUT2D eigenvalue weighted by Gasteiger charge is -2.34. The van der Waals surface area contributed by atoms with Crippen molar-refractivity contribution in [1.82, 2.24) is 9.97 Å². The Morgan fingerprint density at radius 2 is 1.17 bits per heavy atom. The van der Waals surface area contributed by atoms with Crippen molar-refractivity contribution in [2.45, 2.75) is 9.79 Å².